The average Bonchev–Trinajstić information content (AvgIpc) is 3.11. The number of benzene rings is 1. The number of para-hydroxylation sites is 1. The number of rotatable bonds is 5. The number of furan rings is 1. The Kier molecular flexibility index (Phi) is 4.02. The van der Waals surface area contributed by atoms with E-state index in [9.17, 15) is 4.79 Å². The Morgan fingerprint density at radius 3 is 2.96 bits per heavy atom. The van der Waals surface area contributed by atoms with Gasteiger partial charge in [-0.2, -0.15) is 0 Å². The summed E-state index contributed by atoms with van der Waals surface area (Å²) in [5.41, 5.74) is 3.58. The first-order valence-corrected chi connectivity index (χ1v) is 8.62. The Morgan fingerprint density at radius 1 is 1.33 bits per heavy atom. The van der Waals surface area contributed by atoms with Gasteiger partial charge >= 0.3 is 0 Å². The van der Waals surface area contributed by atoms with E-state index < -0.39 is 0 Å². The molecule has 1 unspecified atom stereocenters. The number of hydrogen-bond acceptors (Lipinski definition) is 4. The smallest absolute Gasteiger partial charge is 0.287 e. The van der Waals surface area contributed by atoms with Gasteiger partial charge in [0.2, 0.25) is 0 Å². The summed E-state index contributed by atoms with van der Waals surface area (Å²) < 4.78 is 5.49. The van der Waals surface area contributed by atoms with E-state index in [4.69, 9.17) is 4.42 Å². The summed E-state index contributed by atoms with van der Waals surface area (Å²) >= 11 is 0. The molecule has 1 saturated heterocycles. The van der Waals surface area contributed by atoms with E-state index in [2.05, 4.69) is 46.7 Å². The molecule has 3 heterocycles. The zero-order chi connectivity index (χ0) is 16.5. The highest BCUT2D eigenvalue weighted by molar-refractivity contribution is 5.93. The summed E-state index contributed by atoms with van der Waals surface area (Å²) in [5, 5.41) is 6.20. The van der Waals surface area contributed by atoms with Gasteiger partial charge in [-0.1, -0.05) is 18.2 Å². The Hall–Kier alpha value is -2.27. The largest absolute Gasteiger partial charge is 0.459 e. The van der Waals surface area contributed by atoms with Crippen molar-refractivity contribution >= 4 is 11.6 Å². The maximum atomic E-state index is 12.4. The van der Waals surface area contributed by atoms with Crippen LogP contribution >= 0.6 is 0 Å². The highest BCUT2D eigenvalue weighted by atomic mass is 16.3. The van der Waals surface area contributed by atoms with Crippen LogP contribution in [-0.4, -0.2) is 31.6 Å². The van der Waals surface area contributed by atoms with Gasteiger partial charge in [0.25, 0.3) is 5.91 Å². The van der Waals surface area contributed by atoms with Crippen LogP contribution in [0.4, 0.5) is 5.69 Å². The number of hydrogen-bond donors (Lipinski definition) is 2. The van der Waals surface area contributed by atoms with Crippen LogP contribution in [0.5, 0.6) is 0 Å². The molecular weight excluding hydrogens is 302 g/mol. The summed E-state index contributed by atoms with van der Waals surface area (Å²) in [6, 6.07) is 10.8. The predicted molar refractivity (Wildman–Crippen MR) is 93.2 cm³/mol. The molecule has 5 nitrogen and oxygen atoms in total. The minimum Gasteiger partial charge on any atom is -0.459 e. The molecule has 126 valence electrons. The molecule has 0 spiro atoms. The monoisotopic (exact) mass is 325 g/mol. The number of anilines is 1. The molecule has 0 saturated carbocycles. The second-order valence-electron chi connectivity index (χ2n) is 6.82. The van der Waals surface area contributed by atoms with Crippen molar-refractivity contribution in [2.45, 2.75) is 25.9 Å². The van der Waals surface area contributed by atoms with Crippen molar-refractivity contribution in [2.24, 2.45) is 5.92 Å². The topological polar surface area (TPSA) is 57.5 Å². The Bertz CT molecular complexity index is 736. The van der Waals surface area contributed by atoms with Crippen LogP contribution in [0, 0.1) is 5.92 Å². The minimum atomic E-state index is -0.109. The van der Waals surface area contributed by atoms with E-state index in [1.54, 1.807) is 6.26 Å². The fraction of sp³-hybridized carbons (Fsp3) is 0.421. The zero-order valence-electron chi connectivity index (χ0n) is 13.9. The van der Waals surface area contributed by atoms with Crippen molar-refractivity contribution in [1.29, 1.82) is 0 Å². The predicted octanol–water partition coefficient (Wildman–Crippen LogP) is 2.18. The summed E-state index contributed by atoms with van der Waals surface area (Å²) in [5.74, 6) is 0.874. The van der Waals surface area contributed by atoms with E-state index in [-0.39, 0.29) is 5.91 Å². The van der Waals surface area contributed by atoms with Gasteiger partial charge in [0, 0.05) is 49.4 Å². The molecule has 1 aromatic heterocycles. The van der Waals surface area contributed by atoms with E-state index >= 15 is 0 Å². The fourth-order valence-electron chi connectivity index (χ4n) is 3.52. The molecule has 1 fully saturated rings. The summed E-state index contributed by atoms with van der Waals surface area (Å²) in [6.45, 7) is 5.58. The van der Waals surface area contributed by atoms with Crippen LogP contribution in [-0.2, 0) is 13.0 Å². The van der Waals surface area contributed by atoms with Crippen molar-refractivity contribution in [2.75, 3.05) is 24.5 Å². The molecule has 24 heavy (non-hydrogen) atoms. The highest BCUT2D eigenvalue weighted by Gasteiger charge is 2.28. The van der Waals surface area contributed by atoms with Crippen LogP contribution in [0.2, 0.25) is 0 Å². The maximum Gasteiger partial charge on any atom is 0.287 e. The molecule has 1 atom stereocenters. The first kappa shape index (κ1) is 15.3. The molecule has 4 rings (SSSR count). The van der Waals surface area contributed by atoms with Gasteiger partial charge in [-0.3, -0.25) is 4.79 Å². The number of carbonyl (C=O) groups is 1. The Labute approximate surface area is 142 Å². The highest BCUT2D eigenvalue weighted by Crippen LogP contribution is 2.33. The average molecular weight is 325 g/mol. The molecule has 5 heteroatoms. The summed E-state index contributed by atoms with van der Waals surface area (Å²) in [6.07, 6.45) is 2.66. The van der Waals surface area contributed by atoms with Crippen molar-refractivity contribution in [3.63, 3.8) is 0 Å². The SMILES string of the molecule is CC1Cc2ccccc2N1Cc1ccoc1C(=O)NCC1CNC1. The van der Waals surface area contributed by atoms with E-state index in [0.29, 0.717) is 30.8 Å². The normalized spacial score (nSPS) is 19.9. The molecule has 0 aliphatic carbocycles. The molecule has 2 aromatic rings. The molecule has 2 N–H and O–H groups in total. The van der Waals surface area contributed by atoms with Crippen molar-refractivity contribution in [3.05, 3.63) is 53.5 Å². The molecule has 2 aliphatic rings. The quantitative estimate of drug-likeness (QED) is 0.885. The van der Waals surface area contributed by atoms with Crippen LogP contribution in [0.3, 0.4) is 0 Å². The van der Waals surface area contributed by atoms with E-state index in [0.717, 1.165) is 25.1 Å². The fourth-order valence-corrected chi connectivity index (χ4v) is 3.52. The van der Waals surface area contributed by atoms with Gasteiger partial charge in [0.1, 0.15) is 0 Å². The number of nitrogens with zero attached hydrogens (tertiary/aromatic N) is 1. The Balaban J connectivity index is 1.47. The second-order valence-corrected chi connectivity index (χ2v) is 6.82. The van der Waals surface area contributed by atoms with E-state index in [1.165, 1.54) is 11.3 Å². The number of nitrogens with one attached hydrogen (secondary N) is 2. The third-order valence-corrected chi connectivity index (χ3v) is 5.06. The lowest BCUT2D eigenvalue weighted by Crippen LogP contribution is -2.48. The van der Waals surface area contributed by atoms with Gasteiger partial charge < -0.3 is 20.0 Å². The number of fused-ring (bicyclic) bond motifs is 1. The van der Waals surface area contributed by atoms with Gasteiger partial charge in [0.15, 0.2) is 5.76 Å². The summed E-state index contributed by atoms with van der Waals surface area (Å²) in [7, 11) is 0. The summed E-state index contributed by atoms with van der Waals surface area (Å²) in [4.78, 5) is 14.8. The third kappa shape index (κ3) is 2.80. The minimum absolute atomic E-state index is 0.109. The molecule has 2 aliphatic heterocycles. The van der Waals surface area contributed by atoms with Crippen molar-refractivity contribution in [1.82, 2.24) is 10.6 Å². The van der Waals surface area contributed by atoms with Gasteiger partial charge in [-0.25, -0.2) is 0 Å². The number of amides is 1. The van der Waals surface area contributed by atoms with Gasteiger partial charge in [-0.15, -0.1) is 0 Å². The van der Waals surface area contributed by atoms with Crippen LogP contribution in [0.15, 0.2) is 41.0 Å². The van der Waals surface area contributed by atoms with Gasteiger partial charge in [0.05, 0.1) is 6.26 Å². The Morgan fingerprint density at radius 2 is 2.17 bits per heavy atom. The first-order chi connectivity index (χ1) is 11.7. The lowest BCUT2D eigenvalue weighted by molar-refractivity contribution is 0.0913. The molecule has 1 aromatic carbocycles. The van der Waals surface area contributed by atoms with Crippen LogP contribution in [0.25, 0.3) is 0 Å². The van der Waals surface area contributed by atoms with E-state index in [1.807, 2.05) is 6.07 Å². The molecule has 1 amide bonds. The van der Waals surface area contributed by atoms with Gasteiger partial charge in [-0.05, 0) is 31.0 Å². The van der Waals surface area contributed by atoms with Crippen LogP contribution < -0.4 is 15.5 Å². The first-order valence-electron chi connectivity index (χ1n) is 8.62. The molecular formula is C19H23N3O2. The lowest BCUT2D eigenvalue weighted by Gasteiger charge is -2.27. The lowest BCUT2D eigenvalue weighted by atomic mass is 10.0. The second kappa shape index (κ2) is 6.32. The maximum absolute atomic E-state index is 12.4. The van der Waals surface area contributed by atoms with Crippen molar-refractivity contribution < 1.29 is 9.21 Å². The van der Waals surface area contributed by atoms with Crippen LogP contribution in [0.1, 0.15) is 28.6 Å². The number of carbonyl (C=O) groups excluding carboxylic acids is 1. The third-order valence-electron chi connectivity index (χ3n) is 5.06. The standard InChI is InChI=1S/C19H23N3O2/c1-13-8-15-4-2-3-5-17(15)22(13)12-16-6-7-24-18(16)19(23)21-11-14-9-20-10-14/h2-7,13-14,20H,8-12H2,1H3,(H,21,23). The molecule has 0 bridgehead atoms. The molecule has 0 radical (unpaired) electrons. The van der Waals surface area contributed by atoms with Crippen molar-refractivity contribution in [3.8, 4) is 0 Å². The zero-order valence-corrected chi connectivity index (χ0v) is 13.9.